The van der Waals surface area contributed by atoms with Crippen molar-refractivity contribution in [2.24, 2.45) is 0 Å². The summed E-state index contributed by atoms with van der Waals surface area (Å²) in [5.74, 6) is 0.704. The Balaban J connectivity index is 1.38. The number of nitrogens with zero attached hydrogens (tertiary/aromatic N) is 2. The Morgan fingerprint density at radius 1 is 0.426 bits per heavy atom. The monoisotopic (exact) mass is 606 g/mol. The molecule has 0 radical (unpaired) electrons. The van der Waals surface area contributed by atoms with Crippen LogP contribution in [0.2, 0.25) is 0 Å². The van der Waals surface area contributed by atoms with E-state index in [-0.39, 0.29) is 5.41 Å². The van der Waals surface area contributed by atoms with Crippen molar-refractivity contribution in [3.8, 4) is 56.2 Å². The van der Waals surface area contributed by atoms with Crippen molar-refractivity contribution in [3.63, 3.8) is 0 Å². The third-order valence-corrected chi connectivity index (χ3v) is 8.81. The Bertz CT molecular complexity index is 2320. The number of hydrogen-bond acceptors (Lipinski definition) is 3. The van der Waals surface area contributed by atoms with Crippen molar-refractivity contribution in [3.05, 3.63) is 157 Å². The van der Waals surface area contributed by atoms with Crippen LogP contribution in [0.4, 0.5) is 0 Å². The number of benzene rings is 6. The normalized spacial score (nSPS) is 11.7. The molecular formula is C44H34N2O. The van der Waals surface area contributed by atoms with Crippen LogP contribution in [0.1, 0.15) is 26.3 Å². The lowest BCUT2D eigenvalue weighted by Gasteiger charge is -2.23. The first-order valence-corrected chi connectivity index (χ1v) is 16.1. The number of furan rings is 1. The summed E-state index contributed by atoms with van der Waals surface area (Å²) >= 11 is 0. The first-order valence-electron chi connectivity index (χ1n) is 16.1. The summed E-state index contributed by atoms with van der Waals surface area (Å²) in [6.45, 7) is 6.83. The molecule has 0 fully saturated rings. The number of fused-ring (bicyclic) bond motifs is 3. The average Bonchev–Trinajstić information content (AvgIpc) is 3.50. The van der Waals surface area contributed by atoms with E-state index in [1.807, 2.05) is 36.4 Å². The van der Waals surface area contributed by atoms with E-state index < -0.39 is 0 Å². The van der Waals surface area contributed by atoms with Crippen molar-refractivity contribution >= 4 is 21.9 Å². The van der Waals surface area contributed by atoms with E-state index in [1.165, 1.54) is 11.1 Å². The maximum Gasteiger partial charge on any atom is 0.160 e. The van der Waals surface area contributed by atoms with Gasteiger partial charge in [-0.3, -0.25) is 0 Å². The molecule has 8 aromatic rings. The van der Waals surface area contributed by atoms with E-state index in [0.717, 1.165) is 66.7 Å². The Morgan fingerprint density at radius 3 is 1.79 bits per heavy atom. The molecule has 0 N–H and O–H groups in total. The van der Waals surface area contributed by atoms with Crippen LogP contribution in [0.5, 0.6) is 0 Å². The minimum Gasteiger partial charge on any atom is -0.456 e. The molecule has 0 unspecified atom stereocenters. The molecule has 6 aromatic carbocycles. The standard InChI is InChI=1S/C44H34N2O/c1-44(2,3)38-20-12-10-18-35(38)33-24-32(31-22-23-42-37(27-31)36-19-11-13-21-41(36)47-42)25-34(26-33)40-28-39(29-14-6-4-7-15-29)45-43(46-40)30-16-8-5-9-17-30/h4-28H,1-3H3. The van der Waals surface area contributed by atoms with Gasteiger partial charge in [0.25, 0.3) is 0 Å². The lowest BCUT2D eigenvalue weighted by atomic mass is 9.81. The lowest BCUT2D eigenvalue weighted by molar-refractivity contribution is 0.592. The molecule has 0 amide bonds. The molecule has 8 rings (SSSR count). The summed E-state index contributed by atoms with van der Waals surface area (Å²) in [4.78, 5) is 10.2. The van der Waals surface area contributed by atoms with Gasteiger partial charge in [-0.05, 0) is 75.7 Å². The molecule has 0 bridgehead atoms. The fraction of sp³-hybridized carbons (Fsp3) is 0.0909. The van der Waals surface area contributed by atoms with Gasteiger partial charge >= 0.3 is 0 Å². The van der Waals surface area contributed by atoms with Gasteiger partial charge < -0.3 is 4.42 Å². The number of aromatic nitrogens is 2. The lowest BCUT2D eigenvalue weighted by Crippen LogP contribution is -2.12. The predicted molar refractivity (Wildman–Crippen MR) is 195 cm³/mol. The van der Waals surface area contributed by atoms with Gasteiger partial charge in [-0.2, -0.15) is 0 Å². The summed E-state index contributed by atoms with van der Waals surface area (Å²) < 4.78 is 6.18. The molecule has 0 aliphatic rings. The molecule has 0 atom stereocenters. The van der Waals surface area contributed by atoms with Gasteiger partial charge in [0.15, 0.2) is 5.82 Å². The molecule has 47 heavy (non-hydrogen) atoms. The molecule has 0 aliphatic carbocycles. The summed E-state index contributed by atoms with van der Waals surface area (Å²) in [5.41, 5.74) is 12.5. The van der Waals surface area contributed by atoms with Crippen molar-refractivity contribution < 1.29 is 4.42 Å². The van der Waals surface area contributed by atoms with Crippen LogP contribution >= 0.6 is 0 Å². The Hall–Kier alpha value is -5.80. The van der Waals surface area contributed by atoms with Crippen molar-refractivity contribution in [2.75, 3.05) is 0 Å². The molecule has 2 heterocycles. The fourth-order valence-corrected chi connectivity index (χ4v) is 6.46. The van der Waals surface area contributed by atoms with Gasteiger partial charge in [-0.15, -0.1) is 0 Å². The Labute approximate surface area is 275 Å². The Kier molecular flexibility index (Phi) is 7.03. The second-order valence-corrected chi connectivity index (χ2v) is 13.1. The minimum atomic E-state index is -0.0305. The second kappa shape index (κ2) is 11.5. The third kappa shape index (κ3) is 5.51. The largest absolute Gasteiger partial charge is 0.456 e. The molecule has 0 aliphatic heterocycles. The smallest absolute Gasteiger partial charge is 0.160 e. The van der Waals surface area contributed by atoms with Crippen molar-refractivity contribution in [2.45, 2.75) is 26.2 Å². The maximum absolute atomic E-state index is 6.18. The van der Waals surface area contributed by atoms with E-state index in [0.29, 0.717) is 5.82 Å². The highest BCUT2D eigenvalue weighted by Crippen LogP contribution is 2.40. The second-order valence-electron chi connectivity index (χ2n) is 13.1. The Morgan fingerprint density at radius 2 is 1.02 bits per heavy atom. The van der Waals surface area contributed by atoms with Crippen LogP contribution < -0.4 is 0 Å². The van der Waals surface area contributed by atoms with Gasteiger partial charge in [-0.1, -0.05) is 130 Å². The van der Waals surface area contributed by atoms with E-state index in [1.54, 1.807) is 0 Å². The summed E-state index contributed by atoms with van der Waals surface area (Å²) in [7, 11) is 0. The van der Waals surface area contributed by atoms with Crippen LogP contribution in [0.25, 0.3) is 78.1 Å². The van der Waals surface area contributed by atoms with Gasteiger partial charge in [0, 0.05) is 27.5 Å². The third-order valence-electron chi connectivity index (χ3n) is 8.81. The van der Waals surface area contributed by atoms with Crippen LogP contribution in [0.3, 0.4) is 0 Å². The molecular weight excluding hydrogens is 572 g/mol. The van der Waals surface area contributed by atoms with E-state index in [4.69, 9.17) is 14.4 Å². The quantitative estimate of drug-likeness (QED) is 0.196. The van der Waals surface area contributed by atoms with Crippen LogP contribution in [0.15, 0.2) is 156 Å². The number of rotatable bonds is 5. The highest BCUT2D eigenvalue weighted by atomic mass is 16.3. The zero-order chi connectivity index (χ0) is 32.0. The fourth-order valence-electron chi connectivity index (χ4n) is 6.46. The van der Waals surface area contributed by atoms with Gasteiger partial charge in [0.2, 0.25) is 0 Å². The topological polar surface area (TPSA) is 38.9 Å². The molecule has 2 aromatic heterocycles. The average molecular weight is 607 g/mol. The molecule has 226 valence electrons. The number of hydrogen-bond donors (Lipinski definition) is 0. The molecule has 3 nitrogen and oxygen atoms in total. The summed E-state index contributed by atoms with van der Waals surface area (Å²) in [6.07, 6.45) is 0. The van der Waals surface area contributed by atoms with Crippen LogP contribution in [-0.4, -0.2) is 9.97 Å². The maximum atomic E-state index is 6.18. The molecule has 3 heteroatoms. The molecule has 0 saturated heterocycles. The predicted octanol–water partition coefficient (Wildman–Crippen LogP) is 12.0. The SMILES string of the molecule is CC(C)(C)c1ccccc1-c1cc(-c2ccc3oc4ccccc4c3c2)cc(-c2cc(-c3ccccc3)nc(-c3ccccc3)n2)c1. The first kappa shape index (κ1) is 28.7. The number of para-hydroxylation sites is 1. The first-order chi connectivity index (χ1) is 22.9. The molecule has 0 spiro atoms. The van der Waals surface area contributed by atoms with Crippen LogP contribution in [0, 0.1) is 0 Å². The molecule has 0 saturated carbocycles. The summed E-state index contributed by atoms with van der Waals surface area (Å²) in [5, 5.41) is 2.23. The highest BCUT2D eigenvalue weighted by molar-refractivity contribution is 6.06. The summed E-state index contributed by atoms with van der Waals surface area (Å²) in [6, 6.07) is 53.0. The van der Waals surface area contributed by atoms with Gasteiger partial charge in [0.1, 0.15) is 11.2 Å². The van der Waals surface area contributed by atoms with E-state index in [9.17, 15) is 0 Å². The zero-order valence-electron chi connectivity index (χ0n) is 26.7. The van der Waals surface area contributed by atoms with Crippen molar-refractivity contribution in [1.29, 1.82) is 0 Å². The van der Waals surface area contributed by atoms with Gasteiger partial charge in [0.05, 0.1) is 11.4 Å². The van der Waals surface area contributed by atoms with Gasteiger partial charge in [-0.25, -0.2) is 9.97 Å². The van der Waals surface area contributed by atoms with E-state index >= 15 is 0 Å². The minimum absolute atomic E-state index is 0.0305. The zero-order valence-corrected chi connectivity index (χ0v) is 26.7. The van der Waals surface area contributed by atoms with E-state index in [2.05, 4.69) is 136 Å². The van der Waals surface area contributed by atoms with Crippen molar-refractivity contribution in [1.82, 2.24) is 9.97 Å². The van der Waals surface area contributed by atoms with Crippen LogP contribution in [-0.2, 0) is 5.41 Å². The highest BCUT2D eigenvalue weighted by Gasteiger charge is 2.20.